The van der Waals surface area contributed by atoms with Gasteiger partial charge in [-0.15, -0.1) is 0 Å². The van der Waals surface area contributed by atoms with Crippen LogP contribution in [-0.4, -0.2) is 19.3 Å². The lowest BCUT2D eigenvalue weighted by Crippen LogP contribution is -1.99. The molecule has 1 atom stereocenters. The maximum atomic E-state index is 5.51. The molecule has 72 valence electrons. The first kappa shape index (κ1) is 10.1. The summed E-state index contributed by atoms with van der Waals surface area (Å²) in [6.07, 6.45) is 10.1. The minimum atomic E-state index is 0.319. The molecule has 0 spiro atoms. The summed E-state index contributed by atoms with van der Waals surface area (Å²) in [4.78, 5) is 0. The Labute approximate surface area is 79.5 Å². The zero-order valence-corrected chi connectivity index (χ0v) is 8.19. The van der Waals surface area contributed by atoms with Crippen molar-refractivity contribution in [2.24, 2.45) is 0 Å². The van der Waals surface area contributed by atoms with Crippen LogP contribution < -0.4 is 0 Å². The van der Waals surface area contributed by atoms with Crippen LogP contribution in [0.4, 0.5) is 0 Å². The minimum absolute atomic E-state index is 0.319. The zero-order chi connectivity index (χ0) is 9.52. The van der Waals surface area contributed by atoms with Gasteiger partial charge in [-0.1, -0.05) is 18.2 Å². The lowest BCUT2D eigenvalue weighted by atomic mass is 10.3. The van der Waals surface area contributed by atoms with E-state index in [1.54, 1.807) is 0 Å². The fraction of sp³-hybridized carbons (Fsp3) is 0.455. The average Bonchev–Trinajstić information content (AvgIpc) is 2.93. The van der Waals surface area contributed by atoms with E-state index in [2.05, 4.69) is 0 Å². The topological polar surface area (TPSA) is 21.8 Å². The van der Waals surface area contributed by atoms with Crippen LogP contribution in [0.3, 0.4) is 0 Å². The fourth-order valence-corrected chi connectivity index (χ4v) is 0.861. The van der Waals surface area contributed by atoms with Gasteiger partial charge in [0.1, 0.15) is 18.5 Å². The Morgan fingerprint density at radius 1 is 1.46 bits per heavy atom. The molecule has 1 heterocycles. The van der Waals surface area contributed by atoms with E-state index in [9.17, 15) is 0 Å². The normalized spacial score (nSPS) is 22.9. The Kier molecular flexibility index (Phi) is 4.33. The second-order valence-corrected chi connectivity index (χ2v) is 2.86. The molecule has 2 nitrogen and oxygen atoms in total. The zero-order valence-electron chi connectivity index (χ0n) is 8.19. The van der Waals surface area contributed by atoms with Gasteiger partial charge in [0.25, 0.3) is 0 Å². The molecule has 1 aliphatic heterocycles. The van der Waals surface area contributed by atoms with Crippen molar-refractivity contribution in [2.45, 2.75) is 20.0 Å². The first-order valence-corrected chi connectivity index (χ1v) is 4.57. The summed E-state index contributed by atoms with van der Waals surface area (Å²) in [6, 6.07) is 0. The quantitative estimate of drug-likeness (QED) is 0.368. The molecule has 1 unspecified atom stereocenters. The van der Waals surface area contributed by atoms with E-state index in [0.717, 1.165) is 12.4 Å². The van der Waals surface area contributed by atoms with Crippen molar-refractivity contribution in [3.63, 3.8) is 0 Å². The molecule has 0 aliphatic carbocycles. The van der Waals surface area contributed by atoms with Crippen molar-refractivity contribution in [3.05, 3.63) is 36.1 Å². The van der Waals surface area contributed by atoms with Gasteiger partial charge in [-0.05, 0) is 26.0 Å². The molecule has 0 saturated carbocycles. The summed E-state index contributed by atoms with van der Waals surface area (Å²) < 4.78 is 10.6. The molecular weight excluding hydrogens is 164 g/mol. The molecule has 2 heteroatoms. The van der Waals surface area contributed by atoms with Crippen LogP contribution in [0.15, 0.2) is 36.1 Å². The molecule has 0 N–H and O–H groups in total. The smallest absolute Gasteiger partial charge is 0.119 e. The van der Waals surface area contributed by atoms with E-state index in [4.69, 9.17) is 9.47 Å². The monoisotopic (exact) mass is 180 g/mol. The maximum Gasteiger partial charge on any atom is 0.119 e. The van der Waals surface area contributed by atoms with Crippen molar-refractivity contribution in [1.82, 2.24) is 0 Å². The molecule has 0 bridgehead atoms. The average molecular weight is 180 g/mol. The third kappa shape index (κ3) is 4.53. The predicted molar refractivity (Wildman–Crippen MR) is 53.4 cm³/mol. The number of hydrogen-bond donors (Lipinski definition) is 0. The third-order valence-electron chi connectivity index (χ3n) is 1.62. The second-order valence-electron chi connectivity index (χ2n) is 2.86. The third-order valence-corrected chi connectivity index (χ3v) is 1.62. The fourth-order valence-electron chi connectivity index (χ4n) is 0.861. The lowest BCUT2D eigenvalue weighted by molar-refractivity contribution is 0.193. The van der Waals surface area contributed by atoms with Crippen LogP contribution in [0.2, 0.25) is 0 Å². The minimum Gasteiger partial charge on any atom is -0.491 e. The molecule has 0 aromatic carbocycles. The summed E-state index contributed by atoms with van der Waals surface area (Å²) in [6.45, 7) is 5.45. The van der Waals surface area contributed by atoms with Gasteiger partial charge in [-0.25, -0.2) is 0 Å². The molecular formula is C11H16O2. The van der Waals surface area contributed by atoms with Crippen LogP contribution in [0.5, 0.6) is 0 Å². The largest absolute Gasteiger partial charge is 0.491 e. The van der Waals surface area contributed by atoms with Gasteiger partial charge in [0.2, 0.25) is 0 Å². The Bertz CT molecular complexity index is 222. The van der Waals surface area contributed by atoms with Crippen molar-refractivity contribution >= 4 is 0 Å². The van der Waals surface area contributed by atoms with Crippen molar-refractivity contribution in [1.29, 1.82) is 0 Å². The van der Waals surface area contributed by atoms with E-state index < -0.39 is 0 Å². The summed E-state index contributed by atoms with van der Waals surface area (Å²) in [5.74, 6) is 0.885. The number of ether oxygens (including phenoxy) is 2. The lowest BCUT2D eigenvalue weighted by Gasteiger charge is -2.03. The highest BCUT2D eigenvalue weighted by Gasteiger charge is 2.22. The van der Waals surface area contributed by atoms with Crippen LogP contribution in [0.25, 0.3) is 0 Å². The SMILES string of the molecule is C\C=C/C=C(\C=C/C)OCC1CO1. The second kappa shape index (κ2) is 5.60. The Morgan fingerprint density at radius 2 is 2.23 bits per heavy atom. The molecule has 0 radical (unpaired) electrons. The molecule has 0 aromatic heterocycles. The van der Waals surface area contributed by atoms with Crippen LogP contribution in [0, 0.1) is 0 Å². The highest BCUT2D eigenvalue weighted by molar-refractivity contribution is 5.17. The highest BCUT2D eigenvalue weighted by Crippen LogP contribution is 2.11. The van der Waals surface area contributed by atoms with Crippen molar-refractivity contribution in [2.75, 3.05) is 13.2 Å². The molecule has 0 aromatic rings. The predicted octanol–water partition coefficient (Wildman–Crippen LogP) is 2.44. The number of epoxide rings is 1. The summed E-state index contributed by atoms with van der Waals surface area (Å²) in [5.41, 5.74) is 0. The summed E-state index contributed by atoms with van der Waals surface area (Å²) in [5, 5.41) is 0. The molecule has 1 fully saturated rings. The summed E-state index contributed by atoms with van der Waals surface area (Å²) in [7, 11) is 0. The van der Waals surface area contributed by atoms with E-state index in [0.29, 0.717) is 12.7 Å². The van der Waals surface area contributed by atoms with Gasteiger partial charge in [0.05, 0.1) is 6.61 Å². The first-order valence-electron chi connectivity index (χ1n) is 4.57. The van der Waals surface area contributed by atoms with Crippen molar-refractivity contribution in [3.8, 4) is 0 Å². The highest BCUT2D eigenvalue weighted by atomic mass is 16.6. The standard InChI is InChI=1S/C11H16O2/c1-3-5-7-10(6-4-2)12-8-11-9-13-11/h3-7,11H,8-9H2,1-2H3/b5-3-,6-4-,10-7+. The molecule has 1 saturated heterocycles. The molecule has 13 heavy (non-hydrogen) atoms. The van der Waals surface area contributed by atoms with Gasteiger partial charge < -0.3 is 9.47 Å². The van der Waals surface area contributed by atoms with Crippen LogP contribution in [0.1, 0.15) is 13.8 Å². The Morgan fingerprint density at radius 3 is 2.77 bits per heavy atom. The van der Waals surface area contributed by atoms with E-state index >= 15 is 0 Å². The number of rotatable bonds is 5. The summed E-state index contributed by atoms with van der Waals surface area (Å²) >= 11 is 0. The van der Waals surface area contributed by atoms with E-state index in [1.807, 2.05) is 44.2 Å². The van der Waals surface area contributed by atoms with Gasteiger partial charge in [-0.3, -0.25) is 0 Å². The van der Waals surface area contributed by atoms with Gasteiger partial charge >= 0.3 is 0 Å². The van der Waals surface area contributed by atoms with Gasteiger partial charge in [-0.2, -0.15) is 0 Å². The first-order chi connectivity index (χ1) is 6.36. The van der Waals surface area contributed by atoms with Gasteiger partial charge in [0, 0.05) is 0 Å². The van der Waals surface area contributed by atoms with Crippen LogP contribution >= 0.6 is 0 Å². The maximum absolute atomic E-state index is 5.51. The van der Waals surface area contributed by atoms with Crippen LogP contribution in [-0.2, 0) is 9.47 Å². The Hall–Kier alpha value is -1.02. The molecule has 1 aliphatic rings. The van der Waals surface area contributed by atoms with E-state index in [-0.39, 0.29) is 0 Å². The Balaban J connectivity index is 2.35. The molecule has 1 rings (SSSR count). The number of hydrogen-bond acceptors (Lipinski definition) is 2. The van der Waals surface area contributed by atoms with Gasteiger partial charge in [0.15, 0.2) is 0 Å². The van der Waals surface area contributed by atoms with E-state index in [1.165, 1.54) is 0 Å². The molecule has 0 amide bonds. The number of allylic oxidation sites excluding steroid dienone is 5. The van der Waals surface area contributed by atoms with Crippen molar-refractivity contribution < 1.29 is 9.47 Å².